The first-order valence-electron chi connectivity index (χ1n) is 10.3. The number of nitrogens with one attached hydrogen (secondary N) is 1. The molecule has 0 radical (unpaired) electrons. The normalized spacial score (nSPS) is 15.2. The van der Waals surface area contributed by atoms with E-state index in [1.165, 1.54) is 16.4 Å². The molecule has 1 N–H and O–H groups in total. The number of halogens is 1. The van der Waals surface area contributed by atoms with Crippen molar-refractivity contribution < 1.29 is 26.0 Å². The van der Waals surface area contributed by atoms with Crippen molar-refractivity contribution in [3.8, 4) is 0 Å². The highest BCUT2D eigenvalue weighted by Gasteiger charge is 2.27. The fourth-order valence-electron chi connectivity index (χ4n) is 3.40. The lowest BCUT2D eigenvalue weighted by molar-refractivity contribution is -0.121. The first-order valence-corrected chi connectivity index (χ1v) is 13.1. The average Bonchev–Trinajstić information content (AvgIpc) is 3.32. The third-order valence-electron chi connectivity index (χ3n) is 5.24. The van der Waals surface area contributed by atoms with E-state index in [0.29, 0.717) is 18.7 Å². The van der Waals surface area contributed by atoms with Crippen LogP contribution in [0.25, 0.3) is 0 Å². The molecular formula is C21H26FN3O5S2. The molecule has 1 aliphatic rings. The lowest BCUT2D eigenvalue weighted by Gasteiger charge is -2.20. The minimum absolute atomic E-state index is 0.0657. The average molecular weight is 484 g/mol. The van der Waals surface area contributed by atoms with Crippen LogP contribution in [0.15, 0.2) is 58.3 Å². The smallest absolute Gasteiger partial charge is 0.243 e. The van der Waals surface area contributed by atoms with Crippen molar-refractivity contribution in [2.24, 2.45) is 0 Å². The molecule has 174 valence electrons. The second-order valence-electron chi connectivity index (χ2n) is 7.42. The lowest BCUT2D eigenvalue weighted by atomic mass is 10.2. The summed E-state index contributed by atoms with van der Waals surface area (Å²) in [5.41, 5.74) is 0.683. The van der Waals surface area contributed by atoms with Crippen LogP contribution in [0.2, 0.25) is 0 Å². The molecule has 1 saturated heterocycles. The Hall–Kier alpha value is -2.34. The Morgan fingerprint density at radius 3 is 2.09 bits per heavy atom. The molecule has 0 bridgehead atoms. The summed E-state index contributed by atoms with van der Waals surface area (Å²) in [4.78, 5) is 12.4. The number of nitrogens with zero attached hydrogens (tertiary/aromatic N) is 2. The molecule has 0 saturated carbocycles. The lowest BCUT2D eigenvalue weighted by Crippen LogP contribution is -2.40. The van der Waals surface area contributed by atoms with Gasteiger partial charge in [0.25, 0.3) is 0 Å². The molecule has 11 heteroatoms. The summed E-state index contributed by atoms with van der Waals surface area (Å²) in [7, 11) is -7.44. The van der Waals surface area contributed by atoms with Crippen molar-refractivity contribution in [3.05, 3.63) is 59.9 Å². The Labute approximate surface area is 188 Å². The molecule has 1 amide bonds. The zero-order valence-corrected chi connectivity index (χ0v) is 19.3. The van der Waals surface area contributed by atoms with Crippen molar-refractivity contribution in [1.82, 2.24) is 13.9 Å². The predicted octanol–water partition coefficient (Wildman–Crippen LogP) is 1.94. The van der Waals surface area contributed by atoms with Gasteiger partial charge in [0.15, 0.2) is 0 Å². The van der Waals surface area contributed by atoms with Crippen LogP contribution in [0.5, 0.6) is 0 Å². The number of amides is 1. The molecule has 3 rings (SSSR count). The van der Waals surface area contributed by atoms with E-state index in [1.54, 1.807) is 19.1 Å². The van der Waals surface area contributed by atoms with Gasteiger partial charge in [-0.25, -0.2) is 21.2 Å². The molecule has 2 aromatic carbocycles. The maximum Gasteiger partial charge on any atom is 0.243 e. The maximum absolute atomic E-state index is 13.1. The van der Waals surface area contributed by atoms with E-state index >= 15 is 0 Å². The molecular weight excluding hydrogens is 457 g/mol. The summed E-state index contributed by atoms with van der Waals surface area (Å²) in [6, 6.07) is 10.7. The number of likely N-dealkylation sites (N-methyl/N-ethyl adjacent to an activating group) is 1. The topological polar surface area (TPSA) is 104 Å². The third kappa shape index (κ3) is 5.52. The number of rotatable bonds is 9. The number of carbonyl (C=O) groups excluding carboxylic acids is 1. The second-order valence-corrected chi connectivity index (χ2v) is 11.3. The summed E-state index contributed by atoms with van der Waals surface area (Å²) >= 11 is 0. The highest BCUT2D eigenvalue weighted by Crippen LogP contribution is 2.21. The summed E-state index contributed by atoms with van der Waals surface area (Å²) in [6.07, 6.45) is 1.71. The molecule has 0 unspecified atom stereocenters. The Kier molecular flexibility index (Phi) is 7.65. The van der Waals surface area contributed by atoms with Crippen LogP contribution in [0.1, 0.15) is 25.3 Å². The van der Waals surface area contributed by atoms with E-state index in [0.717, 1.165) is 41.4 Å². The Balaban J connectivity index is 1.59. The molecule has 0 aliphatic carbocycles. The van der Waals surface area contributed by atoms with Gasteiger partial charge in [-0.15, -0.1) is 0 Å². The summed E-state index contributed by atoms with van der Waals surface area (Å²) in [6.45, 7) is 2.45. The van der Waals surface area contributed by atoms with Crippen LogP contribution in [0, 0.1) is 5.82 Å². The quantitative estimate of drug-likeness (QED) is 0.587. The summed E-state index contributed by atoms with van der Waals surface area (Å²) in [5, 5.41) is 2.64. The highest BCUT2D eigenvalue weighted by molar-refractivity contribution is 7.89. The second kappa shape index (κ2) is 10.1. The first-order chi connectivity index (χ1) is 15.1. The zero-order valence-electron chi connectivity index (χ0n) is 17.7. The SMILES string of the molecule is CCN(CC(=O)NCc1ccc(S(=O)(=O)N2CCCC2)cc1)S(=O)(=O)c1ccc(F)cc1. The molecule has 0 aromatic heterocycles. The van der Waals surface area contributed by atoms with E-state index in [2.05, 4.69) is 5.32 Å². The zero-order chi connectivity index (χ0) is 23.4. The van der Waals surface area contributed by atoms with Crippen molar-refractivity contribution in [1.29, 1.82) is 0 Å². The van der Waals surface area contributed by atoms with Crippen molar-refractivity contribution in [3.63, 3.8) is 0 Å². The summed E-state index contributed by atoms with van der Waals surface area (Å²) in [5.74, 6) is -1.06. The van der Waals surface area contributed by atoms with E-state index in [9.17, 15) is 26.0 Å². The Morgan fingerprint density at radius 2 is 1.53 bits per heavy atom. The highest BCUT2D eigenvalue weighted by atomic mass is 32.2. The number of hydrogen-bond donors (Lipinski definition) is 1. The van der Waals surface area contributed by atoms with Gasteiger partial charge in [-0.2, -0.15) is 8.61 Å². The van der Waals surface area contributed by atoms with E-state index in [4.69, 9.17) is 0 Å². The largest absolute Gasteiger partial charge is 0.351 e. The molecule has 0 spiro atoms. The fraction of sp³-hybridized carbons (Fsp3) is 0.381. The van der Waals surface area contributed by atoms with Gasteiger partial charge < -0.3 is 5.32 Å². The van der Waals surface area contributed by atoms with Crippen LogP contribution in [-0.4, -0.2) is 57.5 Å². The van der Waals surface area contributed by atoms with Gasteiger partial charge in [-0.05, 0) is 54.8 Å². The van der Waals surface area contributed by atoms with Crippen LogP contribution < -0.4 is 5.32 Å². The maximum atomic E-state index is 13.1. The van der Waals surface area contributed by atoms with Crippen LogP contribution in [0.4, 0.5) is 4.39 Å². The fourth-order valence-corrected chi connectivity index (χ4v) is 6.32. The van der Waals surface area contributed by atoms with Crippen molar-refractivity contribution in [2.45, 2.75) is 36.1 Å². The number of hydrogen-bond acceptors (Lipinski definition) is 5. The molecule has 8 nitrogen and oxygen atoms in total. The predicted molar refractivity (Wildman–Crippen MR) is 117 cm³/mol. The van der Waals surface area contributed by atoms with Crippen LogP contribution in [0.3, 0.4) is 0 Å². The summed E-state index contributed by atoms with van der Waals surface area (Å²) < 4.78 is 66.1. The van der Waals surface area contributed by atoms with Gasteiger partial charge in [-0.3, -0.25) is 4.79 Å². The minimum atomic E-state index is -3.94. The van der Waals surface area contributed by atoms with Gasteiger partial charge in [0, 0.05) is 26.2 Å². The molecule has 1 heterocycles. The van der Waals surface area contributed by atoms with Gasteiger partial charge in [0.2, 0.25) is 26.0 Å². The van der Waals surface area contributed by atoms with Crippen LogP contribution >= 0.6 is 0 Å². The molecule has 32 heavy (non-hydrogen) atoms. The molecule has 1 aliphatic heterocycles. The molecule has 0 atom stereocenters. The van der Waals surface area contributed by atoms with Crippen molar-refractivity contribution >= 4 is 26.0 Å². The van der Waals surface area contributed by atoms with Crippen molar-refractivity contribution in [2.75, 3.05) is 26.2 Å². The van der Waals surface area contributed by atoms with Gasteiger partial charge >= 0.3 is 0 Å². The number of benzene rings is 2. The van der Waals surface area contributed by atoms with E-state index < -0.39 is 38.3 Å². The van der Waals surface area contributed by atoms with Gasteiger partial charge in [-0.1, -0.05) is 19.1 Å². The standard InChI is InChI=1S/C21H26FN3O5S2/c1-2-24(31(27,28)20-11-7-18(22)8-12-20)16-21(26)23-15-17-5-9-19(10-6-17)32(29,30)25-13-3-4-14-25/h5-12H,2-4,13-16H2,1H3,(H,23,26). The number of sulfonamides is 2. The monoisotopic (exact) mass is 483 g/mol. The number of carbonyl (C=O) groups is 1. The van der Waals surface area contributed by atoms with E-state index in [1.807, 2.05) is 0 Å². The first kappa shape index (κ1) is 24.3. The van der Waals surface area contributed by atoms with E-state index in [-0.39, 0.29) is 22.9 Å². The van der Waals surface area contributed by atoms with Gasteiger partial charge in [0.05, 0.1) is 16.3 Å². The molecule has 1 fully saturated rings. The Bertz CT molecular complexity index is 1140. The van der Waals surface area contributed by atoms with Gasteiger partial charge in [0.1, 0.15) is 5.82 Å². The molecule has 2 aromatic rings. The third-order valence-corrected chi connectivity index (χ3v) is 9.09. The minimum Gasteiger partial charge on any atom is -0.351 e. The van der Waals surface area contributed by atoms with Crippen LogP contribution in [-0.2, 0) is 31.4 Å². The Morgan fingerprint density at radius 1 is 0.969 bits per heavy atom.